The van der Waals surface area contributed by atoms with Crippen molar-refractivity contribution >= 4 is 23.2 Å². The first-order valence-corrected chi connectivity index (χ1v) is 8.23. The monoisotopic (exact) mass is 308 g/mol. The molecule has 1 aliphatic carbocycles. The van der Waals surface area contributed by atoms with Crippen LogP contribution in [0.4, 0.5) is 5.69 Å². The van der Waals surface area contributed by atoms with Crippen LogP contribution in [-0.2, 0) is 4.79 Å². The van der Waals surface area contributed by atoms with E-state index in [1.54, 1.807) is 6.07 Å². The molecule has 116 valence electrons. The maximum absolute atomic E-state index is 12.0. The Bertz CT molecular complexity index is 484. The Morgan fingerprint density at radius 2 is 2.05 bits per heavy atom. The van der Waals surface area contributed by atoms with E-state index in [0.29, 0.717) is 23.5 Å². The van der Waals surface area contributed by atoms with Gasteiger partial charge in [-0.2, -0.15) is 0 Å². The van der Waals surface area contributed by atoms with Crippen LogP contribution in [-0.4, -0.2) is 18.5 Å². The lowest BCUT2D eigenvalue weighted by atomic mass is 9.84. The average Bonchev–Trinajstić information content (AvgIpc) is 2.49. The number of carbonyl (C=O) groups is 1. The lowest BCUT2D eigenvalue weighted by Crippen LogP contribution is -2.39. The van der Waals surface area contributed by atoms with Crippen LogP contribution in [0.2, 0.25) is 5.02 Å². The molecule has 0 aromatic heterocycles. The maximum atomic E-state index is 12.0. The van der Waals surface area contributed by atoms with E-state index in [4.69, 9.17) is 11.6 Å². The van der Waals surface area contributed by atoms with Gasteiger partial charge in [0.1, 0.15) is 0 Å². The highest BCUT2D eigenvalue weighted by atomic mass is 35.5. The number of anilines is 1. The molecule has 1 atom stereocenters. The van der Waals surface area contributed by atoms with Gasteiger partial charge in [0.2, 0.25) is 5.91 Å². The van der Waals surface area contributed by atoms with Crippen molar-refractivity contribution in [1.29, 1.82) is 0 Å². The second-order valence-corrected chi connectivity index (χ2v) is 6.51. The fourth-order valence-electron chi connectivity index (χ4n) is 2.98. The van der Waals surface area contributed by atoms with Gasteiger partial charge in [0.15, 0.2) is 0 Å². The molecule has 1 amide bonds. The molecule has 0 bridgehead atoms. The second kappa shape index (κ2) is 7.81. The highest BCUT2D eigenvalue weighted by Crippen LogP contribution is 2.26. The van der Waals surface area contributed by atoms with E-state index in [1.807, 2.05) is 19.1 Å². The molecule has 21 heavy (non-hydrogen) atoms. The standard InChI is InChI=1S/C17H25ClN2O/c1-12-8-9-15(18)10-16(12)20-17(21)11-19-13(2)14-6-4-3-5-7-14/h8-10,13-14,19H,3-7,11H2,1-2H3,(H,20,21). The summed E-state index contributed by atoms with van der Waals surface area (Å²) in [4.78, 5) is 12.0. The molecule has 0 saturated heterocycles. The number of hydrogen-bond acceptors (Lipinski definition) is 2. The molecule has 1 unspecified atom stereocenters. The van der Waals surface area contributed by atoms with E-state index in [-0.39, 0.29) is 5.91 Å². The predicted octanol–water partition coefficient (Wildman–Crippen LogP) is 4.15. The highest BCUT2D eigenvalue weighted by Gasteiger charge is 2.20. The summed E-state index contributed by atoms with van der Waals surface area (Å²) in [6.07, 6.45) is 6.57. The predicted molar refractivity (Wildman–Crippen MR) is 88.9 cm³/mol. The molecule has 0 heterocycles. The third kappa shape index (κ3) is 5.01. The Morgan fingerprint density at radius 1 is 1.33 bits per heavy atom. The zero-order chi connectivity index (χ0) is 15.2. The van der Waals surface area contributed by atoms with Crippen LogP contribution in [0.5, 0.6) is 0 Å². The van der Waals surface area contributed by atoms with Crippen molar-refractivity contribution in [3.05, 3.63) is 28.8 Å². The number of halogens is 1. The average molecular weight is 309 g/mol. The first kappa shape index (κ1) is 16.3. The SMILES string of the molecule is Cc1ccc(Cl)cc1NC(=O)CNC(C)C1CCCCC1. The van der Waals surface area contributed by atoms with E-state index in [2.05, 4.69) is 17.6 Å². The van der Waals surface area contributed by atoms with Gasteiger partial charge >= 0.3 is 0 Å². The molecule has 2 rings (SSSR count). The largest absolute Gasteiger partial charge is 0.325 e. The number of nitrogens with one attached hydrogen (secondary N) is 2. The fraction of sp³-hybridized carbons (Fsp3) is 0.588. The van der Waals surface area contributed by atoms with Crippen LogP contribution in [0, 0.1) is 12.8 Å². The van der Waals surface area contributed by atoms with Gasteiger partial charge in [0, 0.05) is 16.8 Å². The lowest BCUT2D eigenvalue weighted by Gasteiger charge is -2.28. The Morgan fingerprint density at radius 3 is 2.76 bits per heavy atom. The number of rotatable bonds is 5. The Kier molecular flexibility index (Phi) is 6.07. The van der Waals surface area contributed by atoms with Crippen molar-refractivity contribution in [3.63, 3.8) is 0 Å². The summed E-state index contributed by atoms with van der Waals surface area (Å²) in [7, 11) is 0. The number of carbonyl (C=O) groups excluding carboxylic acids is 1. The highest BCUT2D eigenvalue weighted by molar-refractivity contribution is 6.31. The fourth-order valence-corrected chi connectivity index (χ4v) is 3.15. The third-order valence-electron chi connectivity index (χ3n) is 4.42. The number of hydrogen-bond donors (Lipinski definition) is 2. The molecule has 1 saturated carbocycles. The summed E-state index contributed by atoms with van der Waals surface area (Å²) in [6.45, 7) is 4.50. The van der Waals surface area contributed by atoms with Crippen molar-refractivity contribution in [2.24, 2.45) is 5.92 Å². The molecule has 0 aliphatic heterocycles. The molecular weight excluding hydrogens is 284 g/mol. The van der Waals surface area contributed by atoms with E-state index in [0.717, 1.165) is 11.3 Å². The molecule has 1 fully saturated rings. The van der Waals surface area contributed by atoms with Crippen LogP contribution in [0.1, 0.15) is 44.6 Å². The van der Waals surface area contributed by atoms with Crippen molar-refractivity contribution < 1.29 is 4.79 Å². The quantitative estimate of drug-likeness (QED) is 0.858. The van der Waals surface area contributed by atoms with Crippen molar-refractivity contribution in [2.45, 2.75) is 52.0 Å². The van der Waals surface area contributed by atoms with Crippen LogP contribution in [0.25, 0.3) is 0 Å². The van der Waals surface area contributed by atoms with Gasteiger partial charge in [-0.3, -0.25) is 4.79 Å². The van der Waals surface area contributed by atoms with E-state index in [9.17, 15) is 4.79 Å². The van der Waals surface area contributed by atoms with Crippen molar-refractivity contribution in [3.8, 4) is 0 Å². The van der Waals surface area contributed by atoms with Crippen LogP contribution in [0.15, 0.2) is 18.2 Å². The van der Waals surface area contributed by atoms with Gasteiger partial charge in [-0.15, -0.1) is 0 Å². The lowest BCUT2D eigenvalue weighted by molar-refractivity contribution is -0.115. The third-order valence-corrected chi connectivity index (χ3v) is 4.65. The maximum Gasteiger partial charge on any atom is 0.238 e. The first-order valence-electron chi connectivity index (χ1n) is 7.85. The molecule has 1 aromatic rings. The normalized spacial score (nSPS) is 17.5. The van der Waals surface area contributed by atoms with Crippen molar-refractivity contribution in [2.75, 3.05) is 11.9 Å². The zero-order valence-corrected chi connectivity index (χ0v) is 13.7. The molecular formula is C17H25ClN2O. The summed E-state index contributed by atoms with van der Waals surface area (Å²) in [5.74, 6) is 0.697. The van der Waals surface area contributed by atoms with E-state index in [1.165, 1.54) is 32.1 Å². The molecule has 3 nitrogen and oxygen atoms in total. The minimum absolute atomic E-state index is 0.0111. The van der Waals surface area contributed by atoms with E-state index < -0.39 is 0 Å². The summed E-state index contributed by atoms with van der Waals surface area (Å²) in [5, 5.41) is 6.92. The summed E-state index contributed by atoms with van der Waals surface area (Å²) in [6, 6.07) is 5.93. The number of aryl methyl sites for hydroxylation is 1. The minimum Gasteiger partial charge on any atom is -0.325 e. The number of amides is 1. The molecule has 0 radical (unpaired) electrons. The zero-order valence-electron chi connectivity index (χ0n) is 12.9. The molecule has 0 spiro atoms. The molecule has 1 aromatic carbocycles. The minimum atomic E-state index is -0.0111. The summed E-state index contributed by atoms with van der Waals surface area (Å²) < 4.78 is 0. The van der Waals surface area contributed by atoms with Crippen LogP contribution in [0.3, 0.4) is 0 Å². The van der Waals surface area contributed by atoms with Gasteiger partial charge in [-0.25, -0.2) is 0 Å². The second-order valence-electron chi connectivity index (χ2n) is 6.08. The van der Waals surface area contributed by atoms with Gasteiger partial charge in [0.25, 0.3) is 0 Å². The topological polar surface area (TPSA) is 41.1 Å². The molecule has 2 N–H and O–H groups in total. The van der Waals surface area contributed by atoms with Gasteiger partial charge < -0.3 is 10.6 Å². The Hall–Kier alpha value is -1.06. The first-order chi connectivity index (χ1) is 10.1. The van der Waals surface area contributed by atoms with Gasteiger partial charge in [-0.1, -0.05) is 36.9 Å². The smallest absolute Gasteiger partial charge is 0.238 e. The molecule has 4 heteroatoms. The number of benzene rings is 1. The van der Waals surface area contributed by atoms with Crippen LogP contribution < -0.4 is 10.6 Å². The molecule has 1 aliphatic rings. The summed E-state index contributed by atoms with van der Waals surface area (Å²) >= 11 is 5.96. The van der Waals surface area contributed by atoms with Gasteiger partial charge in [0.05, 0.1) is 6.54 Å². The van der Waals surface area contributed by atoms with Crippen LogP contribution >= 0.6 is 11.6 Å². The van der Waals surface area contributed by atoms with Gasteiger partial charge in [-0.05, 0) is 50.3 Å². The van der Waals surface area contributed by atoms with Crippen molar-refractivity contribution in [1.82, 2.24) is 5.32 Å². The Labute approximate surface area is 132 Å². The van der Waals surface area contributed by atoms with E-state index >= 15 is 0 Å². The summed E-state index contributed by atoms with van der Waals surface area (Å²) in [5.41, 5.74) is 1.81. The Balaban J connectivity index is 1.80.